The van der Waals surface area contributed by atoms with Crippen molar-refractivity contribution in [2.24, 2.45) is 0 Å². The number of anilines is 1. The van der Waals surface area contributed by atoms with Crippen molar-refractivity contribution in [1.82, 2.24) is 0 Å². The first kappa shape index (κ1) is 14.6. The summed E-state index contributed by atoms with van der Waals surface area (Å²) in [6.45, 7) is 1.85. The van der Waals surface area contributed by atoms with Crippen molar-refractivity contribution in [1.29, 1.82) is 10.5 Å². The zero-order valence-corrected chi connectivity index (χ0v) is 12.0. The summed E-state index contributed by atoms with van der Waals surface area (Å²) in [5.74, 6) is 0. The summed E-state index contributed by atoms with van der Waals surface area (Å²) in [6, 6.07) is 14.0. The first-order valence-corrected chi connectivity index (χ1v) is 7.45. The van der Waals surface area contributed by atoms with Gasteiger partial charge in [0.05, 0.1) is 22.2 Å². The fourth-order valence-corrected chi connectivity index (χ4v) is 2.93. The molecule has 2 rings (SSSR count). The summed E-state index contributed by atoms with van der Waals surface area (Å²) < 4.78 is 25.6. The number of benzene rings is 2. The van der Waals surface area contributed by atoms with Crippen LogP contribution in [0.2, 0.25) is 0 Å². The highest BCUT2D eigenvalue weighted by atomic mass is 32.2. The molecule has 0 saturated carbocycles. The van der Waals surface area contributed by atoms with E-state index in [4.69, 9.17) is 5.26 Å². The Labute approximate surface area is 123 Å². The van der Waals surface area contributed by atoms with Gasteiger partial charge in [-0.2, -0.15) is 23.2 Å². The maximum Gasteiger partial charge on any atom is 0.276 e. The Bertz CT molecular complexity index is 826. The molecule has 0 aliphatic carbocycles. The van der Waals surface area contributed by atoms with Crippen LogP contribution in [0.25, 0.3) is 0 Å². The SMILES string of the molecule is Cc1ccc(S(=O)(=O)N(C#N)c2ccc(C#N)cc2)cc1. The molecule has 0 radical (unpaired) electrons. The molecule has 0 aliphatic heterocycles. The van der Waals surface area contributed by atoms with Gasteiger partial charge in [-0.25, -0.2) is 0 Å². The van der Waals surface area contributed by atoms with E-state index in [2.05, 4.69) is 0 Å². The molecule has 0 aliphatic rings. The van der Waals surface area contributed by atoms with E-state index in [0.29, 0.717) is 9.87 Å². The lowest BCUT2D eigenvalue weighted by atomic mass is 10.2. The number of rotatable bonds is 3. The predicted molar refractivity (Wildman–Crippen MR) is 77.6 cm³/mol. The van der Waals surface area contributed by atoms with Gasteiger partial charge in [-0.15, -0.1) is 0 Å². The third kappa shape index (κ3) is 2.86. The maximum atomic E-state index is 12.5. The van der Waals surface area contributed by atoms with Gasteiger partial charge in [0, 0.05) is 0 Å². The van der Waals surface area contributed by atoms with Gasteiger partial charge in [-0.05, 0) is 43.3 Å². The van der Waals surface area contributed by atoms with Crippen LogP contribution in [0.3, 0.4) is 0 Å². The fourth-order valence-electron chi connectivity index (χ4n) is 1.74. The predicted octanol–water partition coefficient (Wildman–Crippen LogP) is 2.54. The van der Waals surface area contributed by atoms with E-state index in [-0.39, 0.29) is 10.6 Å². The second-order valence-electron chi connectivity index (χ2n) is 4.34. The number of nitriles is 2. The molecular weight excluding hydrogens is 286 g/mol. The average molecular weight is 297 g/mol. The van der Waals surface area contributed by atoms with Crippen molar-refractivity contribution in [2.75, 3.05) is 4.31 Å². The Morgan fingerprint density at radius 2 is 1.52 bits per heavy atom. The quantitative estimate of drug-likeness (QED) is 0.643. The minimum absolute atomic E-state index is 0.0407. The van der Waals surface area contributed by atoms with Crippen LogP contribution in [0.15, 0.2) is 53.4 Å². The summed E-state index contributed by atoms with van der Waals surface area (Å²) in [7, 11) is -3.95. The smallest absolute Gasteiger partial charge is 0.200 e. The van der Waals surface area contributed by atoms with Gasteiger partial charge in [0.2, 0.25) is 0 Å². The van der Waals surface area contributed by atoms with Crippen LogP contribution in [0.1, 0.15) is 11.1 Å². The normalized spacial score (nSPS) is 10.4. The van der Waals surface area contributed by atoms with E-state index in [1.54, 1.807) is 18.3 Å². The van der Waals surface area contributed by atoms with E-state index in [1.165, 1.54) is 36.4 Å². The summed E-state index contributed by atoms with van der Waals surface area (Å²) in [6.07, 6.45) is 1.67. The molecule has 104 valence electrons. The Morgan fingerprint density at radius 3 is 2.00 bits per heavy atom. The minimum Gasteiger partial charge on any atom is -0.200 e. The van der Waals surface area contributed by atoms with Crippen molar-refractivity contribution >= 4 is 15.7 Å². The molecular formula is C15H11N3O2S. The largest absolute Gasteiger partial charge is 0.276 e. The first-order valence-electron chi connectivity index (χ1n) is 6.01. The number of nitrogens with zero attached hydrogens (tertiary/aromatic N) is 3. The maximum absolute atomic E-state index is 12.5. The van der Waals surface area contributed by atoms with Gasteiger partial charge in [-0.3, -0.25) is 0 Å². The van der Waals surface area contributed by atoms with Crippen molar-refractivity contribution < 1.29 is 8.42 Å². The molecule has 0 saturated heterocycles. The van der Waals surface area contributed by atoms with Crippen LogP contribution in [0.5, 0.6) is 0 Å². The van der Waals surface area contributed by atoms with Crippen LogP contribution in [-0.2, 0) is 10.0 Å². The van der Waals surface area contributed by atoms with E-state index < -0.39 is 10.0 Å². The third-order valence-corrected chi connectivity index (χ3v) is 4.52. The van der Waals surface area contributed by atoms with Crippen LogP contribution < -0.4 is 4.31 Å². The topological polar surface area (TPSA) is 85.0 Å². The van der Waals surface area contributed by atoms with E-state index in [0.717, 1.165) is 5.56 Å². The molecule has 6 heteroatoms. The van der Waals surface area contributed by atoms with Crippen molar-refractivity contribution in [3.05, 3.63) is 59.7 Å². The van der Waals surface area contributed by atoms with Crippen LogP contribution in [-0.4, -0.2) is 8.42 Å². The molecule has 0 amide bonds. The summed E-state index contributed by atoms with van der Waals surface area (Å²) in [5.41, 5.74) is 1.51. The molecule has 0 aromatic heterocycles. The Kier molecular flexibility index (Phi) is 3.93. The number of hydrogen-bond acceptors (Lipinski definition) is 4. The molecule has 0 N–H and O–H groups in total. The van der Waals surface area contributed by atoms with E-state index >= 15 is 0 Å². The molecule has 0 fully saturated rings. The number of sulfonamides is 1. The van der Waals surface area contributed by atoms with Crippen LogP contribution in [0, 0.1) is 29.7 Å². The third-order valence-electron chi connectivity index (χ3n) is 2.88. The molecule has 0 heterocycles. The molecule has 0 atom stereocenters. The van der Waals surface area contributed by atoms with E-state index in [1.807, 2.05) is 13.0 Å². The minimum atomic E-state index is -3.95. The second kappa shape index (κ2) is 5.66. The molecule has 2 aromatic rings. The molecule has 2 aromatic carbocycles. The lowest BCUT2D eigenvalue weighted by molar-refractivity contribution is 0.596. The van der Waals surface area contributed by atoms with Crippen molar-refractivity contribution in [2.45, 2.75) is 11.8 Å². The zero-order valence-electron chi connectivity index (χ0n) is 11.2. The van der Waals surface area contributed by atoms with E-state index in [9.17, 15) is 13.7 Å². The van der Waals surface area contributed by atoms with Gasteiger partial charge in [0.15, 0.2) is 6.19 Å². The molecule has 5 nitrogen and oxygen atoms in total. The summed E-state index contributed by atoms with van der Waals surface area (Å²) in [4.78, 5) is 0.0407. The van der Waals surface area contributed by atoms with Gasteiger partial charge in [-0.1, -0.05) is 17.7 Å². The number of aryl methyl sites for hydroxylation is 1. The lowest BCUT2D eigenvalue weighted by Crippen LogP contribution is -2.25. The van der Waals surface area contributed by atoms with Crippen molar-refractivity contribution in [3.63, 3.8) is 0 Å². The Hall–Kier alpha value is -2.83. The first-order chi connectivity index (χ1) is 9.98. The lowest BCUT2D eigenvalue weighted by Gasteiger charge is -2.16. The van der Waals surface area contributed by atoms with Gasteiger partial charge in [0.1, 0.15) is 0 Å². The van der Waals surface area contributed by atoms with Crippen molar-refractivity contribution in [3.8, 4) is 12.3 Å². The van der Waals surface area contributed by atoms with Gasteiger partial charge >= 0.3 is 0 Å². The van der Waals surface area contributed by atoms with Gasteiger partial charge < -0.3 is 0 Å². The molecule has 0 unspecified atom stereocenters. The highest BCUT2D eigenvalue weighted by molar-refractivity contribution is 7.93. The highest BCUT2D eigenvalue weighted by Gasteiger charge is 2.24. The van der Waals surface area contributed by atoms with Crippen LogP contribution >= 0.6 is 0 Å². The zero-order chi connectivity index (χ0) is 15.5. The fraction of sp³-hybridized carbons (Fsp3) is 0.0667. The monoisotopic (exact) mass is 297 g/mol. The molecule has 0 spiro atoms. The second-order valence-corrected chi connectivity index (χ2v) is 6.13. The standard InChI is InChI=1S/C15H11N3O2S/c1-12-2-8-15(9-3-12)21(19,20)18(11-17)14-6-4-13(10-16)5-7-14/h2-9H,1H3. The summed E-state index contributed by atoms with van der Waals surface area (Å²) in [5, 5.41) is 17.9. The molecule has 0 bridgehead atoms. The Morgan fingerprint density at radius 1 is 0.952 bits per heavy atom. The Balaban J connectivity index is 2.47. The molecule has 21 heavy (non-hydrogen) atoms. The number of hydrogen-bond donors (Lipinski definition) is 0. The van der Waals surface area contributed by atoms with Crippen LogP contribution in [0.4, 0.5) is 5.69 Å². The highest BCUT2D eigenvalue weighted by Crippen LogP contribution is 2.23. The van der Waals surface area contributed by atoms with Gasteiger partial charge in [0.25, 0.3) is 10.0 Å². The average Bonchev–Trinajstić information content (AvgIpc) is 2.49. The summed E-state index contributed by atoms with van der Waals surface area (Å²) >= 11 is 0.